The first-order valence-electron chi connectivity index (χ1n) is 20.8. The summed E-state index contributed by atoms with van der Waals surface area (Å²) in [4.78, 5) is 15.6. The van der Waals surface area contributed by atoms with E-state index in [1.807, 2.05) is 36.4 Å². The lowest BCUT2D eigenvalue weighted by molar-refractivity contribution is 0.669. The summed E-state index contributed by atoms with van der Waals surface area (Å²) in [5.41, 5.74) is 14.4. The molecular weight excluding hydrogens is 757 g/mol. The molecule has 0 saturated heterocycles. The number of fused-ring (bicyclic) bond motifs is 6. The molecule has 0 bridgehead atoms. The summed E-state index contributed by atoms with van der Waals surface area (Å²) in [5, 5.41) is 4.43. The molecule has 62 heavy (non-hydrogen) atoms. The first-order chi connectivity index (χ1) is 30.7. The molecule has 0 unspecified atom stereocenters. The van der Waals surface area contributed by atoms with Gasteiger partial charge in [-0.15, -0.1) is 0 Å². The topological polar surface area (TPSA) is 56.7 Å². The van der Waals surface area contributed by atoms with Crippen molar-refractivity contribution in [1.82, 2.24) is 19.5 Å². The van der Waals surface area contributed by atoms with Crippen molar-refractivity contribution in [1.29, 1.82) is 0 Å². The maximum absolute atomic E-state index is 6.48. The average molecular weight is 793 g/mol. The number of para-hydroxylation sites is 1. The second-order valence-corrected chi connectivity index (χ2v) is 15.6. The van der Waals surface area contributed by atoms with E-state index in [0.717, 1.165) is 93.9 Å². The van der Waals surface area contributed by atoms with Crippen molar-refractivity contribution in [2.24, 2.45) is 0 Å². The maximum atomic E-state index is 6.48. The molecule has 5 nitrogen and oxygen atoms in total. The van der Waals surface area contributed by atoms with Gasteiger partial charge < -0.3 is 8.98 Å². The first-order valence-corrected chi connectivity index (χ1v) is 20.8. The third-order valence-electron chi connectivity index (χ3n) is 11.9. The second kappa shape index (κ2) is 14.7. The molecule has 0 saturated carbocycles. The number of furan rings is 1. The zero-order valence-corrected chi connectivity index (χ0v) is 33.5. The maximum Gasteiger partial charge on any atom is 0.164 e. The van der Waals surface area contributed by atoms with E-state index in [1.54, 1.807) is 0 Å². The number of aromatic nitrogens is 4. The van der Waals surface area contributed by atoms with Crippen molar-refractivity contribution in [3.8, 4) is 73.2 Å². The Kier molecular flexibility index (Phi) is 8.42. The van der Waals surface area contributed by atoms with Gasteiger partial charge in [-0.1, -0.05) is 176 Å². The van der Waals surface area contributed by atoms with E-state index in [9.17, 15) is 0 Å². The first kappa shape index (κ1) is 35.5. The standard InChI is InChI=1S/C57H36N4O/c1-5-16-37(17-6-1)39-28-30-42(31-29-39)56-58-55(41-22-11-4-12-23-41)59-57(60-56)44-35-46(40-20-9-3-10-21-40)53-47-34-43(38-18-7-2-8-19-38)32-33-48(47)61(50(53)36-44)49-25-15-27-52-54(49)45-24-13-14-26-51(45)62-52/h1-36H. The Morgan fingerprint density at radius 1 is 0.306 bits per heavy atom. The van der Waals surface area contributed by atoms with Crippen LogP contribution in [-0.4, -0.2) is 19.5 Å². The van der Waals surface area contributed by atoms with Gasteiger partial charge in [-0.25, -0.2) is 15.0 Å². The Balaban J connectivity index is 1.16. The van der Waals surface area contributed by atoms with Crippen LogP contribution in [0.4, 0.5) is 0 Å². The predicted molar refractivity (Wildman–Crippen MR) is 254 cm³/mol. The highest BCUT2D eigenvalue weighted by Gasteiger charge is 2.23. The molecule has 0 N–H and O–H groups in total. The minimum Gasteiger partial charge on any atom is -0.456 e. The quantitative estimate of drug-likeness (QED) is 0.161. The van der Waals surface area contributed by atoms with Crippen LogP contribution in [0.3, 0.4) is 0 Å². The van der Waals surface area contributed by atoms with Crippen LogP contribution >= 0.6 is 0 Å². The summed E-state index contributed by atoms with van der Waals surface area (Å²) in [5.74, 6) is 1.81. The van der Waals surface area contributed by atoms with Crippen LogP contribution < -0.4 is 0 Å². The molecule has 290 valence electrons. The Hall–Kier alpha value is -8.41. The number of rotatable bonds is 7. The normalized spacial score (nSPS) is 11.5. The van der Waals surface area contributed by atoms with Crippen LogP contribution in [0.1, 0.15) is 0 Å². The molecule has 0 amide bonds. The van der Waals surface area contributed by atoms with Crippen molar-refractivity contribution in [2.45, 2.75) is 0 Å². The van der Waals surface area contributed by atoms with Gasteiger partial charge in [-0.2, -0.15) is 0 Å². The lowest BCUT2D eigenvalue weighted by Gasteiger charge is -2.13. The van der Waals surface area contributed by atoms with E-state index in [0.29, 0.717) is 17.5 Å². The summed E-state index contributed by atoms with van der Waals surface area (Å²) in [6.45, 7) is 0. The molecule has 3 aromatic heterocycles. The van der Waals surface area contributed by atoms with Crippen molar-refractivity contribution < 1.29 is 4.42 Å². The molecule has 0 aliphatic rings. The minimum atomic E-state index is 0.592. The van der Waals surface area contributed by atoms with E-state index < -0.39 is 0 Å². The Bertz CT molecular complexity index is 3600. The molecule has 0 fully saturated rings. The summed E-state index contributed by atoms with van der Waals surface area (Å²) < 4.78 is 8.89. The van der Waals surface area contributed by atoms with Crippen LogP contribution in [0.15, 0.2) is 223 Å². The highest BCUT2D eigenvalue weighted by Crippen LogP contribution is 2.45. The van der Waals surface area contributed by atoms with Crippen LogP contribution in [0.5, 0.6) is 0 Å². The van der Waals surface area contributed by atoms with E-state index in [2.05, 4.69) is 187 Å². The Morgan fingerprint density at radius 2 is 0.806 bits per heavy atom. The van der Waals surface area contributed by atoms with Crippen LogP contribution in [0.2, 0.25) is 0 Å². The van der Waals surface area contributed by atoms with Gasteiger partial charge >= 0.3 is 0 Å². The van der Waals surface area contributed by atoms with Gasteiger partial charge in [0.25, 0.3) is 0 Å². The molecule has 5 heteroatoms. The lowest BCUT2D eigenvalue weighted by atomic mass is 9.95. The molecule has 0 aliphatic heterocycles. The zero-order chi connectivity index (χ0) is 41.0. The summed E-state index contributed by atoms with van der Waals surface area (Å²) in [6.07, 6.45) is 0. The highest BCUT2D eigenvalue weighted by molar-refractivity contribution is 6.19. The Morgan fingerprint density at radius 3 is 1.48 bits per heavy atom. The minimum absolute atomic E-state index is 0.592. The summed E-state index contributed by atoms with van der Waals surface area (Å²) in [6, 6.07) is 76.3. The number of nitrogens with zero attached hydrogens (tertiary/aromatic N) is 4. The summed E-state index contributed by atoms with van der Waals surface area (Å²) >= 11 is 0. The smallest absolute Gasteiger partial charge is 0.164 e. The van der Waals surface area contributed by atoms with Crippen molar-refractivity contribution in [3.05, 3.63) is 218 Å². The number of hydrogen-bond donors (Lipinski definition) is 0. The monoisotopic (exact) mass is 792 g/mol. The average Bonchev–Trinajstić information content (AvgIpc) is 3.90. The molecule has 0 spiro atoms. The predicted octanol–water partition coefficient (Wildman–Crippen LogP) is 14.9. The highest BCUT2D eigenvalue weighted by atomic mass is 16.3. The molecule has 0 radical (unpaired) electrons. The van der Waals surface area contributed by atoms with E-state index in [-0.39, 0.29) is 0 Å². The molecule has 0 atom stereocenters. The van der Waals surface area contributed by atoms with Gasteiger partial charge in [-0.3, -0.25) is 0 Å². The molecule has 0 aliphatic carbocycles. The van der Waals surface area contributed by atoms with Crippen LogP contribution in [0, 0.1) is 0 Å². The zero-order valence-electron chi connectivity index (χ0n) is 33.5. The Labute approximate surface area is 357 Å². The number of benzene rings is 9. The largest absolute Gasteiger partial charge is 0.456 e. The van der Waals surface area contributed by atoms with Crippen LogP contribution in [0.25, 0.3) is 117 Å². The van der Waals surface area contributed by atoms with E-state index in [1.165, 1.54) is 5.56 Å². The van der Waals surface area contributed by atoms with Gasteiger partial charge in [0.05, 0.1) is 22.1 Å². The summed E-state index contributed by atoms with van der Waals surface area (Å²) in [7, 11) is 0. The van der Waals surface area contributed by atoms with E-state index in [4.69, 9.17) is 19.4 Å². The van der Waals surface area contributed by atoms with Gasteiger partial charge in [0, 0.05) is 32.8 Å². The van der Waals surface area contributed by atoms with Crippen molar-refractivity contribution in [3.63, 3.8) is 0 Å². The third kappa shape index (κ3) is 6.06. The van der Waals surface area contributed by atoms with Crippen molar-refractivity contribution in [2.75, 3.05) is 0 Å². The number of hydrogen-bond acceptors (Lipinski definition) is 4. The SMILES string of the molecule is c1ccc(-c2ccc(-c3nc(-c4ccccc4)nc(-c4cc(-c5ccccc5)c5c6cc(-c7ccccc7)ccc6n(-c6cccc7oc8ccccc8c67)c5c4)n3)cc2)cc1. The molecular formula is C57H36N4O. The fraction of sp³-hybridized carbons (Fsp3) is 0. The lowest BCUT2D eigenvalue weighted by Crippen LogP contribution is -2.01. The molecule has 12 aromatic rings. The van der Waals surface area contributed by atoms with Gasteiger partial charge in [0.15, 0.2) is 17.5 Å². The van der Waals surface area contributed by atoms with Gasteiger partial charge in [-0.05, 0) is 75.8 Å². The fourth-order valence-corrected chi connectivity index (χ4v) is 8.93. The van der Waals surface area contributed by atoms with Crippen molar-refractivity contribution >= 4 is 43.7 Å². The van der Waals surface area contributed by atoms with Gasteiger partial charge in [0.2, 0.25) is 0 Å². The fourth-order valence-electron chi connectivity index (χ4n) is 8.93. The second-order valence-electron chi connectivity index (χ2n) is 15.6. The van der Waals surface area contributed by atoms with Gasteiger partial charge in [0.1, 0.15) is 11.2 Å². The third-order valence-corrected chi connectivity index (χ3v) is 11.9. The molecule has 3 heterocycles. The van der Waals surface area contributed by atoms with Crippen LogP contribution in [-0.2, 0) is 0 Å². The van der Waals surface area contributed by atoms with E-state index >= 15 is 0 Å². The molecule has 9 aromatic carbocycles. The molecule has 12 rings (SSSR count).